The highest BCUT2D eigenvalue weighted by molar-refractivity contribution is 5.42. The Balaban J connectivity index is 2.11. The molecule has 2 unspecified atom stereocenters. The SMILES string of the molecule is COc1cc(C)ccc1OC1COCCC1O. The second-order valence-corrected chi connectivity index (χ2v) is 4.24. The molecule has 17 heavy (non-hydrogen) atoms. The Hall–Kier alpha value is -1.26. The van der Waals surface area contributed by atoms with Crippen molar-refractivity contribution in [2.24, 2.45) is 0 Å². The Morgan fingerprint density at radius 2 is 2.18 bits per heavy atom. The Labute approximate surface area is 101 Å². The summed E-state index contributed by atoms with van der Waals surface area (Å²) in [6, 6.07) is 5.72. The molecule has 0 saturated carbocycles. The van der Waals surface area contributed by atoms with Crippen molar-refractivity contribution < 1.29 is 19.3 Å². The van der Waals surface area contributed by atoms with Crippen LogP contribution in [0, 0.1) is 6.92 Å². The Kier molecular flexibility index (Phi) is 3.86. The molecule has 0 amide bonds. The van der Waals surface area contributed by atoms with E-state index in [1.54, 1.807) is 7.11 Å². The van der Waals surface area contributed by atoms with Crippen molar-refractivity contribution in [1.82, 2.24) is 0 Å². The second-order valence-electron chi connectivity index (χ2n) is 4.24. The van der Waals surface area contributed by atoms with E-state index in [0.717, 1.165) is 5.56 Å². The zero-order valence-electron chi connectivity index (χ0n) is 10.2. The molecular formula is C13H18O4. The van der Waals surface area contributed by atoms with Gasteiger partial charge in [0.15, 0.2) is 11.5 Å². The van der Waals surface area contributed by atoms with E-state index in [1.807, 2.05) is 25.1 Å². The predicted molar refractivity (Wildman–Crippen MR) is 63.6 cm³/mol. The second kappa shape index (κ2) is 5.38. The van der Waals surface area contributed by atoms with Gasteiger partial charge in [0, 0.05) is 13.0 Å². The van der Waals surface area contributed by atoms with Crippen molar-refractivity contribution in [3.8, 4) is 11.5 Å². The summed E-state index contributed by atoms with van der Waals surface area (Å²) < 4.78 is 16.3. The maximum atomic E-state index is 9.80. The molecule has 1 aromatic rings. The van der Waals surface area contributed by atoms with Crippen molar-refractivity contribution >= 4 is 0 Å². The quantitative estimate of drug-likeness (QED) is 0.867. The first kappa shape index (κ1) is 12.2. The third-order valence-electron chi connectivity index (χ3n) is 2.87. The Bertz CT molecular complexity index is 378. The lowest BCUT2D eigenvalue weighted by atomic mass is 10.1. The molecule has 1 saturated heterocycles. The van der Waals surface area contributed by atoms with Crippen LogP contribution < -0.4 is 9.47 Å². The largest absolute Gasteiger partial charge is 0.493 e. The number of aliphatic hydroxyl groups excluding tert-OH is 1. The van der Waals surface area contributed by atoms with E-state index in [4.69, 9.17) is 14.2 Å². The Morgan fingerprint density at radius 1 is 1.35 bits per heavy atom. The number of methoxy groups -OCH3 is 1. The molecule has 1 aromatic carbocycles. The van der Waals surface area contributed by atoms with E-state index in [-0.39, 0.29) is 6.10 Å². The minimum Gasteiger partial charge on any atom is -0.493 e. The third-order valence-corrected chi connectivity index (χ3v) is 2.87. The van der Waals surface area contributed by atoms with Gasteiger partial charge in [0.25, 0.3) is 0 Å². The monoisotopic (exact) mass is 238 g/mol. The number of aryl methyl sites for hydroxylation is 1. The maximum Gasteiger partial charge on any atom is 0.161 e. The van der Waals surface area contributed by atoms with Gasteiger partial charge in [0.1, 0.15) is 6.10 Å². The molecule has 4 heteroatoms. The summed E-state index contributed by atoms with van der Waals surface area (Å²) in [5.74, 6) is 1.33. The van der Waals surface area contributed by atoms with Gasteiger partial charge < -0.3 is 19.3 Å². The van der Waals surface area contributed by atoms with Gasteiger partial charge in [-0.15, -0.1) is 0 Å². The summed E-state index contributed by atoms with van der Waals surface area (Å²) in [4.78, 5) is 0. The summed E-state index contributed by atoms with van der Waals surface area (Å²) in [5, 5.41) is 9.80. The maximum absolute atomic E-state index is 9.80. The van der Waals surface area contributed by atoms with E-state index >= 15 is 0 Å². The molecule has 1 heterocycles. The van der Waals surface area contributed by atoms with Crippen molar-refractivity contribution in [3.05, 3.63) is 23.8 Å². The van der Waals surface area contributed by atoms with Crippen LogP contribution in [0.4, 0.5) is 0 Å². The number of rotatable bonds is 3. The highest BCUT2D eigenvalue weighted by Gasteiger charge is 2.26. The molecule has 4 nitrogen and oxygen atoms in total. The van der Waals surface area contributed by atoms with E-state index in [0.29, 0.717) is 31.1 Å². The number of hydrogen-bond donors (Lipinski definition) is 1. The van der Waals surface area contributed by atoms with Gasteiger partial charge in [0.05, 0.1) is 19.8 Å². The topological polar surface area (TPSA) is 47.9 Å². The molecule has 1 aliphatic rings. The van der Waals surface area contributed by atoms with Crippen LogP contribution in [-0.4, -0.2) is 37.6 Å². The highest BCUT2D eigenvalue weighted by atomic mass is 16.6. The molecule has 1 fully saturated rings. The summed E-state index contributed by atoms with van der Waals surface area (Å²) >= 11 is 0. The molecule has 1 N–H and O–H groups in total. The molecule has 0 aromatic heterocycles. The lowest BCUT2D eigenvalue weighted by Gasteiger charge is -2.28. The normalized spacial score (nSPS) is 24.4. The van der Waals surface area contributed by atoms with Gasteiger partial charge in [-0.3, -0.25) is 0 Å². The van der Waals surface area contributed by atoms with Crippen LogP contribution in [0.25, 0.3) is 0 Å². The van der Waals surface area contributed by atoms with Crippen molar-refractivity contribution in [3.63, 3.8) is 0 Å². The fraction of sp³-hybridized carbons (Fsp3) is 0.538. The molecule has 0 aliphatic carbocycles. The van der Waals surface area contributed by atoms with Gasteiger partial charge >= 0.3 is 0 Å². The molecule has 0 radical (unpaired) electrons. The average Bonchev–Trinajstić information content (AvgIpc) is 2.34. The van der Waals surface area contributed by atoms with Crippen LogP contribution in [0.5, 0.6) is 11.5 Å². The minimum atomic E-state index is -0.477. The summed E-state index contributed by atoms with van der Waals surface area (Å²) in [6.07, 6.45) is -0.186. The molecule has 1 aliphatic heterocycles. The van der Waals surface area contributed by atoms with Crippen molar-refractivity contribution in [2.75, 3.05) is 20.3 Å². The van der Waals surface area contributed by atoms with E-state index in [9.17, 15) is 5.11 Å². The standard InChI is InChI=1S/C13H18O4/c1-9-3-4-11(12(7-9)15-2)17-13-8-16-6-5-10(13)14/h3-4,7,10,13-14H,5-6,8H2,1-2H3. The highest BCUT2D eigenvalue weighted by Crippen LogP contribution is 2.29. The van der Waals surface area contributed by atoms with Crippen LogP contribution in [0.1, 0.15) is 12.0 Å². The van der Waals surface area contributed by atoms with E-state index < -0.39 is 6.10 Å². The van der Waals surface area contributed by atoms with Gasteiger partial charge in [-0.25, -0.2) is 0 Å². The molecule has 2 rings (SSSR count). The summed E-state index contributed by atoms with van der Waals surface area (Å²) in [7, 11) is 1.61. The molecule has 2 atom stereocenters. The van der Waals surface area contributed by atoms with E-state index in [2.05, 4.69) is 0 Å². The lowest BCUT2D eigenvalue weighted by Crippen LogP contribution is -2.40. The lowest BCUT2D eigenvalue weighted by molar-refractivity contribution is -0.0740. The summed E-state index contributed by atoms with van der Waals surface area (Å²) in [5.41, 5.74) is 1.11. The first-order chi connectivity index (χ1) is 8.20. The van der Waals surface area contributed by atoms with Crippen LogP contribution in [0.3, 0.4) is 0 Å². The minimum absolute atomic E-state index is 0.319. The third kappa shape index (κ3) is 2.90. The molecule has 94 valence electrons. The van der Waals surface area contributed by atoms with E-state index in [1.165, 1.54) is 0 Å². The number of ether oxygens (including phenoxy) is 3. The summed E-state index contributed by atoms with van der Waals surface area (Å²) in [6.45, 7) is 3.00. The van der Waals surface area contributed by atoms with Crippen LogP contribution >= 0.6 is 0 Å². The molecule has 0 bridgehead atoms. The predicted octanol–water partition coefficient (Wildman–Crippen LogP) is 1.53. The molecular weight excluding hydrogens is 220 g/mol. The van der Waals surface area contributed by atoms with Gasteiger partial charge in [-0.2, -0.15) is 0 Å². The van der Waals surface area contributed by atoms with Crippen LogP contribution in [-0.2, 0) is 4.74 Å². The zero-order chi connectivity index (χ0) is 12.3. The van der Waals surface area contributed by atoms with Gasteiger partial charge in [-0.05, 0) is 24.6 Å². The van der Waals surface area contributed by atoms with Crippen molar-refractivity contribution in [2.45, 2.75) is 25.6 Å². The van der Waals surface area contributed by atoms with Crippen LogP contribution in [0.2, 0.25) is 0 Å². The van der Waals surface area contributed by atoms with Gasteiger partial charge in [0.2, 0.25) is 0 Å². The number of benzene rings is 1. The first-order valence-corrected chi connectivity index (χ1v) is 5.78. The fourth-order valence-electron chi connectivity index (χ4n) is 1.85. The van der Waals surface area contributed by atoms with Crippen LogP contribution in [0.15, 0.2) is 18.2 Å². The first-order valence-electron chi connectivity index (χ1n) is 5.78. The van der Waals surface area contributed by atoms with Crippen molar-refractivity contribution in [1.29, 1.82) is 0 Å². The van der Waals surface area contributed by atoms with Gasteiger partial charge in [-0.1, -0.05) is 6.07 Å². The smallest absolute Gasteiger partial charge is 0.161 e. The Morgan fingerprint density at radius 3 is 2.88 bits per heavy atom. The average molecular weight is 238 g/mol. The number of aliphatic hydroxyl groups is 1. The number of hydrogen-bond acceptors (Lipinski definition) is 4. The molecule has 0 spiro atoms. The zero-order valence-corrected chi connectivity index (χ0v) is 10.2. The fourth-order valence-corrected chi connectivity index (χ4v) is 1.85.